The highest BCUT2D eigenvalue weighted by Gasteiger charge is 2.27. The Morgan fingerprint density at radius 3 is 2.56 bits per heavy atom. The van der Waals surface area contributed by atoms with Gasteiger partial charge in [0.25, 0.3) is 0 Å². The van der Waals surface area contributed by atoms with Crippen molar-refractivity contribution in [2.45, 2.75) is 39.3 Å². The molecule has 1 saturated heterocycles. The minimum atomic E-state index is -0.0442. The fourth-order valence-corrected chi connectivity index (χ4v) is 1.79. The topological polar surface area (TPSA) is 58.4 Å². The van der Waals surface area contributed by atoms with E-state index in [9.17, 15) is 4.79 Å². The Kier molecular flexibility index (Phi) is 6.95. The minimum Gasteiger partial charge on any atom is -0.354 e. The zero-order valence-corrected chi connectivity index (χ0v) is 11.2. The Morgan fingerprint density at radius 2 is 2.12 bits per heavy atom. The van der Waals surface area contributed by atoms with Gasteiger partial charge in [-0.25, -0.2) is 0 Å². The Labute approximate surface area is 104 Å². The highest BCUT2D eigenvalue weighted by atomic mass is 35.5. The number of halogens is 1. The molecule has 0 aliphatic carbocycles. The fraction of sp³-hybridized carbons (Fsp3) is 0.909. The number of nitrogens with two attached hydrogens (primary N) is 1. The molecule has 1 fully saturated rings. The Hall–Kier alpha value is -0.320. The van der Waals surface area contributed by atoms with Crippen LogP contribution in [0.15, 0.2) is 0 Å². The lowest BCUT2D eigenvalue weighted by molar-refractivity contribution is -0.125. The summed E-state index contributed by atoms with van der Waals surface area (Å²) in [5.41, 5.74) is 5.81. The van der Waals surface area contributed by atoms with E-state index in [1.54, 1.807) is 0 Å². The van der Waals surface area contributed by atoms with E-state index in [1.807, 2.05) is 6.92 Å². The summed E-state index contributed by atoms with van der Waals surface area (Å²) in [6, 6.07) is 0.197. The maximum Gasteiger partial charge on any atom is 0.237 e. The van der Waals surface area contributed by atoms with Crippen molar-refractivity contribution in [3.05, 3.63) is 0 Å². The number of carbonyl (C=O) groups excluding carboxylic acids is 1. The van der Waals surface area contributed by atoms with Crippen molar-refractivity contribution in [2.75, 3.05) is 19.6 Å². The molecule has 4 nitrogen and oxygen atoms in total. The molecule has 0 saturated carbocycles. The maximum absolute atomic E-state index is 11.7. The van der Waals surface area contributed by atoms with Crippen molar-refractivity contribution in [2.24, 2.45) is 11.7 Å². The molecule has 0 radical (unpaired) electrons. The van der Waals surface area contributed by atoms with E-state index >= 15 is 0 Å². The third-order valence-corrected chi connectivity index (χ3v) is 2.87. The van der Waals surface area contributed by atoms with Crippen LogP contribution in [0.5, 0.6) is 0 Å². The molecule has 5 heteroatoms. The summed E-state index contributed by atoms with van der Waals surface area (Å²) in [5, 5.41) is 2.95. The molecule has 3 N–H and O–H groups in total. The summed E-state index contributed by atoms with van der Waals surface area (Å²) < 4.78 is 0. The number of likely N-dealkylation sites (tertiary alicyclic amines) is 1. The molecule has 2 unspecified atom stereocenters. The molecule has 0 aromatic heterocycles. The third kappa shape index (κ3) is 4.68. The Balaban J connectivity index is 0.00000225. The van der Waals surface area contributed by atoms with Gasteiger partial charge in [-0.05, 0) is 19.3 Å². The van der Waals surface area contributed by atoms with E-state index in [1.165, 1.54) is 0 Å². The number of hydrogen-bond donors (Lipinski definition) is 2. The second-order valence-corrected chi connectivity index (χ2v) is 4.86. The number of nitrogens with zero attached hydrogens (tertiary/aromatic N) is 1. The molecule has 1 aliphatic rings. The van der Waals surface area contributed by atoms with Crippen LogP contribution in [0.4, 0.5) is 0 Å². The number of hydrogen-bond acceptors (Lipinski definition) is 3. The summed E-state index contributed by atoms with van der Waals surface area (Å²) >= 11 is 0. The lowest BCUT2D eigenvalue weighted by Gasteiger charge is -2.23. The lowest BCUT2D eigenvalue weighted by atomic mass is 10.2. The van der Waals surface area contributed by atoms with Gasteiger partial charge in [-0.1, -0.05) is 13.8 Å². The molecular formula is C11H24ClN3O. The number of carbonyl (C=O) groups is 1. The smallest absolute Gasteiger partial charge is 0.237 e. The predicted molar refractivity (Wildman–Crippen MR) is 68.7 cm³/mol. The van der Waals surface area contributed by atoms with E-state index in [-0.39, 0.29) is 30.4 Å². The second-order valence-electron chi connectivity index (χ2n) is 4.86. The van der Waals surface area contributed by atoms with E-state index in [4.69, 9.17) is 5.73 Å². The molecule has 1 aliphatic heterocycles. The molecule has 96 valence electrons. The van der Waals surface area contributed by atoms with Crippen molar-refractivity contribution in [3.8, 4) is 0 Å². The van der Waals surface area contributed by atoms with E-state index in [2.05, 4.69) is 24.1 Å². The molecule has 0 bridgehead atoms. The molecule has 16 heavy (non-hydrogen) atoms. The number of rotatable bonds is 4. The zero-order valence-electron chi connectivity index (χ0n) is 10.4. The van der Waals surface area contributed by atoms with E-state index < -0.39 is 0 Å². The van der Waals surface area contributed by atoms with Gasteiger partial charge >= 0.3 is 0 Å². The first kappa shape index (κ1) is 15.7. The SMILES string of the molecule is CC(C)CNC(=O)C(C)N1CCC(N)C1.Cl. The van der Waals surface area contributed by atoms with Gasteiger partial charge in [0.1, 0.15) is 0 Å². The summed E-state index contributed by atoms with van der Waals surface area (Å²) in [4.78, 5) is 13.9. The van der Waals surface area contributed by atoms with Gasteiger partial charge in [-0.3, -0.25) is 9.69 Å². The van der Waals surface area contributed by atoms with Crippen LogP contribution in [0.1, 0.15) is 27.2 Å². The molecule has 2 atom stereocenters. The number of nitrogens with one attached hydrogen (secondary N) is 1. The summed E-state index contributed by atoms with van der Waals surface area (Å²) in [6.45, 7) is 8.68. The Bertz CT molecular complexity index is 223. The number of amides is 1. The first-order chi connectivity index (χ1) is 7.00. The van der Waals surface area contributed by atoms with Gasteiger partial charge in [-0.15, -0.1) is 12.4 Å². The van der Waals surface area contributed by atoms with Crippen LogP contribution >= 0.6 is 12.4 Å². The average molecular weight is 250 g/mol. The standard InChI is InChI=1S/C11H23N3O.ClH/c1-8(2)6-13-11(15)9(3)14-5-4-10(12)7-14;/h8-10H,4-7,12H2,1-3H3,(H,13,15);1H. The minimum absolute atomic E-state index is 0. The first-order valence-corrected chi connectivity index (χ1v) is 5.78. The fourth-order valence-electron chi connectivity index (χ4n) is 1.79. The normalized spacial score (nSPS) is 22.9. The zero-order chi connectivity index (χ0) is 11.4. The van der Waals surface area contributed by atoms with Crippen LogP contribution in [0.25, 0.3) is 0 Å². The van der Waals surface area contributed by atoms with Crippen molar-refractivity contribution in [1.82, 2.24) is 10.2 Å². The molecule has 1 amide bonds. The van der Waals surface area contributed by atoms with Gasteiger partial charge < -0.3 is 11.1 Å². The lowest BCUT2D eigenvalue weighted by Crippen LogP contribution is -2.45. The molecule has 0 aromatic carbocycles. The summed E-state index contributed by atoms with van der Waals surface area (Å²) in [6.07, 6.45) is 1.00. The van der Waals surface area contributed by atoms with Crippen LogP contribution in [0, 0.1) is 5.92 Å². The largest absolute Gasteiger partial charge is 0.354 e. The quantitative estimate of drug-likeness (QED) is 0.767. The molecular weight excluding hydrogens is 226 g/mol. The first-order valence-electron chi connectivity index (χ1n) is 5.78. The predicted octanol–water partition coefficient (Wildman–Crippen LogP) is 0.602. The molecule has 0 aromatic rings. The van der Waals surface area contributed by atoms with Crippen LogP contribution < -0.4 is 11.1 Å². The highest BCUT2D eigenvalue weighted by Crippen LogP contribution is 2.10. The molecule has 1 heterocycles. The highest BCUT2D eigenvalue weighted by molar-refractivity contribution is 5.85. The van der Waals surface area contributed by atoms with E-state index in [0.29, 0.717) is 5.92 Å². The Morgan fingerprint density at radius 1 is 1.50 bits per heavy atom. The van der Waals surface area contributed by atoms with Crippen LogP contribution in [0.2, 0.25) is 0 Å². The third-order valence-electron chi connectivity index (χ3n) is 2.87. The van der Waals surface area contributed by atoms with Gasteiger partial charge in [0.05, 0.1) is 6.04 Å². The maximum atomic E-state index is 11.7. The monoisotopic (exact) mass is 249 g/mol. The van der Waals surface area contributed by atoms with Crippen LogP contribution in [-0.4, -0.2) is 42.5 Å². The van der Waals surface area contributed by atoms with Gasteiger partial charge in [0.15, 0.2) is 0 Å². The van der Waals surface area contributed by atoms with Crippen LogP contribution in [-0.2, 0) is 4.79 Å². The van der Waals surface area contributed by atoms with Gasteiger partial charge in [0.2, 0.25) is 5.91 Å². The van der Waals surface area contributed by atoms with Gasteiger partial charge in [0, 0.05) is 25.7 Å². The molecule has 1 rings (SSSR count). The van der Waals surface area contributed by atoms with Gasteiger partial charge in [-0.2, -0.15) is 0 Å². The van der Waals surface area contributed by atoms with E-state index in [0.717, 1.165) is 26.1 Å². The van der Waals surface area contributed by atoms with Crippen molar-refractivity contribution >= 4 is 18.3 Å². The second kappa shape index (κ2) is 7.09. The average Bonchev–Trinajstić information content (AvgIpc) is 2.60. The summed E-state index contributed by atoms with van der Waals surface area (Å²) in [5.74, 6) is 0.625. The van der Waals surface area contributed by atoms with Crippen LogP contribution in [0.3, 0.4) is 0 Å². The van der Waals surface area contributed by atoms with Crippen molar-refractivity contribution in [1.29, 1.82) is 0 Å². The van der Waals surface area contributed by atoms with Crippen molar-refractivity contribution in [3.63, 3.8) is 0 Å². The summed E-state index contributed by atoms with van der Waals surface area (Å²) in [7, 11) is 0. The van der Waals surface area contributed by atoms with Crippen molar-refractivity contribution < 1.29 is 4.79 Å². The molecule has 0 spiro atoms.